The summed E-state index contributed by atoms with van der Waals surface area (Å²) in [4.78, 5) is 14.8. The molecule has 0 amide bonds. The lowest BCUT2D eigenvalue weighted by Gasteiger charge is -2.39. The monoisotopic (exact) mass is 417 g/mol. The van der Waals surface area contributed by atoms with Crippen molar-refractivity contribution in [1.29, 1.82) is 0 Å². The van der Waals surface area contributed by atoms with E-state index < -0.39 is 0 Å². The maximum Gasteiger partial charge on any atom is 0.132 e. The zero-order valence-electron chi connectivity index (χ0n) is 18.8. The Hall–Kier alpha value is -1.98. The molecule has 0 aromatic carbocycles. The number of aromatic nitrogens is 2. The van der Waals surface area contributed by atoms with Crippen molar-refractivity contribution < 1.29 is 0 Å². The molecule has 2 aromatic heterocycles. The van der Waals surface area contributed by atoms with Gasteiger partial charge in [0.15, 0.2) is 0 Å². The number of nitrogens with zero attached hydrogens (tertiary/aromatic N) is 4. The number of pyridine rings is 2. The molecule has 1 saturated heterocycles. The lowest BCUT2D eigenvalue weighted by Crippen LogP contribution is -2.46. The first-order chi connectivity index (χ1) is 15.2. The van der Waals surface area contributed by atoms with E-state index in [4.69, 9.17) is 9.97 Å². The fraction of sp³-hybridized carbons (Fsp3) is 0.615. The van der Waals surface area contributed by atoms with Crippen molar-refractivity contribution in [3.63, 3.8) is 0 Å². The third-order valence-electron chi connectivity index (χ3n) is 8.29. The number of likely N-dealkylation sites (N-methyl/N-ethyl adjacent to an activating group) is 1. The molecule has 2 aromatic rings. The van der Waals surface area contributed by atoms with Gasteiger partial charge in [0, 0.05) is 50.2 Å². The quantitative estimate of drug-likeness (QED) is 0.818. The molecule has 6 rings (SSSR count). The summed E-state index contributed by atoms with van der Waals surface area (Å²) in [6.07, 6.45) is 14.3. The van der Waals surface area contributed by atoms with Gasteiger partial charge in [0.1, 0.15) is 5.82 Å². The van der Waals surface area contributed by atoms with Crippen molar-refractivity contribution >= 4 is 5.82 Å². The van der Waals surface area contributed by atoms with E-state index in [1.54, 1.807) is 0 Å². The zero-order valence-corrected chi connectivity index (χ0v) is 18.8. The molecule has 31 heavy (non-hydrogen) atoms. The van der Waals surface area contributed by atoms with Crippen molar-refractivity contribution in [3.05, 3.63) is 53.0 Å². The molecule has 1 spiro atoms. The first-order valence-electron chi connectivity index (χ1n) is 12.3. The highest BCUT2D eigenvalue weighted by molar-refractivity contribution is 5.53. The Balaban J connectivity index is 1.19. The van der Waals surface area contributed by atoms with Gasteiger partial charge in [-0.25, -0.2) is 4.98 Å². The molecule has 0 unspecified atom stereocenters. The Morgan fingerprint density at radius 3 is 2.97 bits per heavy atom. The van der Waals surface area contributed by atoms with Gasteiger partial charge >= 0.3 is 0 Å². The standard InChI is InChI=1S/C26H35N5/c1-30(23-7-2-5-19-6-3-12-27-24(19)23)17-21-15-22-20(16-29-21)8-13-28-25(22)31-14-4-9-26(18-31)10-11-26/h3,6,8,12-13,21,23,29H,2,4-5,7,9-11,14-18H2,1H3/t21-,23+/m1/s1. The molecule has 0 radical (unpaired) electrons. The molecular formula is C26H35N5. The molecule has 2 aliphatic carbocycles. The van der Waals surface area contributed by atoms with Crippen LogP contribution in [-0.2, 0) is 19.4 Å². The third kappa shape index (κ3) is 3.76. The van der Waals surface area contributed by atoms with Crippen LogP contribution in [0.5, 0.6) is 0 Å². The smallest absolute Gasteiger partial charge is 0.132 e. The van der Waals surface area contributed by atoms with E-state index in [1.165, 1.54) is 86.2 Å². The fourth-order valence-electron chi connectivity index (χ4n) is 6.34. The first kappa shape index (κ1) is 19.7. The van der Waals surface area contributed by atoms with Crippen molar-refractivity contribution in [1.82, 2.24) is 20.2 Å². The number of aryl methyl sites for hydroxylation is 1. The van der Waals surface area contributed by atoms with Gasteiger partial charge in [-0.1, -0.05) is 6.07 Å². The van der Waals surface area contributed by atoms with E-state index in [-0.39, 0.29) is 0 Å². The Kier molecular flexibility index (Phi) is 4.99. The summed E-state index contributed by atoms with van der Waals surface area (Å²) in [5.74, 6) is 1.28. The Morgan fingerprint density at radius 1 is 1.13 bits per heavy atom. The highest BCUT2D eigenvalue weighted by Crippen LogP contribution is 2.52. The second kappa shape index (κ2) is 7.86. The van der Waals surface area contributed by atoms with Gasteiger partial charge in [-0.05, 0) is 87.1 Å². The SMILES string of the molecule is CN(C[C@H]1Cc2c(ccnc2N2CCCC3(CC3)C2)CN1)[C@H]1CCCc2cccnc21. The van der Waals surface area contributed by atoms with Crippen LogP contribution in [0, 0.1) is 5.41 Å². The van der Waals surface area contributed by atoms with E-state index in [2.05, 4.69) is 40.4 Å². The summed E-state index contributed by atoms with van der Waals surface area (Å²) in [6.45, 7) is 4.41. The molecule has 2 atom stereocenters. The van der Waals surface area contributed by atoms with E-state index in [9.17, 15) is 0 Å². The van der Waals surface area contributed by atoms with Crippen LogP contribution < -0.4 is 10.2 Å². The number of hydrogen-bond donors (Lipinski definition) is 1. The maximum atomic E-state index is 4.92. The van der Waals surface area contributed by atoms with Gasteiger partial charge in [0.2, 0.25) is 0 Å². The molecule has 5 heteroatoms. The van der Waals surface area contributed by atoms with Crippen molar-refractivity contribution in [2.45, 2.75) is 70.0 Å². The van der Waals surface area contributed by atoms with Crippen molar-refractivity contribution in [2.75, 3.05) is 31.6 Å². The van der Waals surface area contributed by atoms with Crippen LogP contribution in [0.15, 0.2) is 30.6 Å². The molecule has 4 aliphatic rings. The second-order valence-electron chi connectivity index (χ2n) is 10.5. The van der Waals surface area contributed by atoms with E-state index in [0.29, 0.717) is 17.5 Å². The second-order valence-corrected chi connectivity index (χ2v) is 10.5. The summed E-state index contributed by atoms with van der Waals surface area (Å²) in [7, 11) is 2.29. The largest absolute Gasteiger partial charge is 0.356 e. The molecule has 4 heterocycles. The van der Waals surface area contributed by atoms with Crippen LogP contribution in [0.1, 0.15) is 67.0 Å². The van der Waals surface area contributed by atoms with Crippen LogP contribution in [0.2, 0.25) is 0 Å². The highest BCUT2D eigenvalue weighted by atomic mass is 15.2. The molecular weight excluding hydrogens is 382 g/mol. The number of piperidine rings is 1. The van der Waals surface area contributed by atoms with Crippen LogP contribution in [0.4, 0.5) is 5.82 Å². The van der Waals surface area contributed by atoms with Gasteiger partial charge in [0.25, 0.3) is 0 Å². The van der Waals surface area contributed by atoms with Gasteiger partial charge in [0.05, 0.1) is 11.7 Å². The van der Waals surface area contributed by atoms with E-state index in [0.717, 1.165) is 19.5 Å². The number of hydrogen-bond acceptors (Lipinski definition) is 5. The molecule has 1 saturated carbocycles. The fourth-order valence-corrected chi connectivity index (χ4v) is 6.34. The first-order valence-corrected chi connectivity index (χ1v) is 12.3. The normalized spacial score (nSPS) is 26.6. The molecule has 2 aliphatic heterocycles. The van der Waals surface area contributed by atoms with Gasteiger partial charge in [-0.2, -0.15) is 0 Å². The Bertz CT molecular complexity index is 953. The average Bonchev–Trinajstić information content (AvgIpc) is 3.56. The number of nitrogens with one attached hydrogen (secondary N) is 1. The summed E-state index contributed by atoms with van der Waals surface area (Å²) in [5.41, 5.74) is 6.32. The highest BCUT2D eigenvalue weighted by Gasteiger charge is 2.46. The molecule has 0 bridgehead atoms. The van der Waals surface area contributed by atoms with E-state index in [1.807, 2.05) is 12.4 Å². The predicted molar refractivity (Wildman–Crippen MR) is 124 cm³/mol. The molecule has 1 N–H and O–H groups in total. The lowest BCUT2D eigenvalue weighted by atomic mass is 9.90. The van der Waals surface area contributed by atoms with Gasteiger partial charge in [-0.3, -0.25) is 9.88 Å². The summed E-state index contributed by atoms with van der Waals surface area (Å²) in [6, 6.07) is 7.49. The summed E-state index contributed by atoms with van der Waals surface area (Å²) < 4.78 is 0. The minimum atomic E-state index is 0.443. The minimum absolute atomic E-state index is 0.443. The third-order valence-corrected chi connectivity index (χ3v) is 8.29. The van der Waals surface area contributed by atoms with Crippen molar-refractivity contribution in [3.8, 4) is 0 Å². The summed E-state index contributed by atoms with van der Waals surface area (Å²) >= 11 is 0. The van der Waals surface area contributed by atoms with Crippen molar-refractivity contribution in [2.24, 2.45) is 5.41 Å². The number of fused-ring (bicyclic) bond motifs is 2. The van der Waals surface area contributed by atoms with Crippen LogP contribution in [0.3, 0.4) is 0 Å². The van der Waals surface area contributed by atoms with E-state index >= 15 is 0 Å². The Labute approximate surface area is 186 Å². The number of anilines is 1. The molecule has 5 nitrogen and oxygen atoms in total. The zero-order chi connectivity index (χ0) is 20.8. The topological polar surface area (TPSA) is 44.3 Å². The minimum Gasteiger partial charge on any atom is -0.356 e. The lowest BCUT2D eigenvalue weighted by molar-refractivity contribution is 0.190. The Morgan fingerprint density at radius 2 is 2.06 bits per heavy atom. The maximum absolute atomic E-state index is 4.92. The molecule has 2 fully saturated rings. The van der Waals surface area contributed by atoms with Crippen LogP contribution >= 0.6 is 0 Å². The van der Waals surface area contributed by atoms with Gasteiger partial charge < -0.3 is 10.2 Å². The van der Waals surface area contributed by atoms with Crippen LogP contribution in [-0.4, -0.2) is 47.6 Å². The van der Waals surface area contributed by atoms with Gasteiger partial charge in [-0.15, -0.1) is 0 Å². The summed E-state index contributed by atoms with van der Waals surface area (Å²) in [5, 5.41) is 3.82. The predicted octanol–water partition coefficient (Wildman–Crippen LogP) is 3.88. The number of rotatable bonds is 4. The van der Waals surface area contributed by atoms with Crippen LogP contribution in [0.25, 0.3) is 0 Å². The molecule has 164 valence electrons. The average molecular weight is 418 g/mol.